The average molecular weight is 227 g/mol. The number of hydrogen-bond donors (Lipinski definition) is 1. The predicted octanol–water partition coefficient (Wildman–Crippen LogP) is 3.50. The van der Waals surface area contributed by atoms with Crippen molar-refractivity contribution in [3.8, 4) is 0 Å². The fourth-order valence-electron chi connectivity index (χ4n) is 2.71. The van der Waals surface area contributed by atoms with Gasteiger partial charge in [-0.15, -0.1) is 0 Å². The van der Waals surface area contributed by atoms with Crippen LogP contribution in [0.3, 0.4) is 0 Å². The molecule has 16 heavy (non-hydrogen) atoms. The van der Waals surface area contributed by atoms with E-state index in [2.05, 4.69) is 39.9 Å². The molecule has 96 valence electrons. The fraction of sp³-hybridized carbons (Fsp3) is 1.00. The quantitative estimate of drug-likeness (QED) is 0.701. The highest BCUT2D eigenvalue weighted by molar-refractivity contribution is 4.98. The minimum absolute atomic E-state index is 0.0196. The van der Waals surface area contributed by atoms with Gasteiger partial charge >= 0.3 is 0 Å². The molecule has 0 aliphatic carbocycles. The van der Waals surface area contributed by atoms with Crippen LogP contribution in [0.2, 0.25) is 0 Å². The summed E-state index contributed by atoms with van der Waals surface area (Å²) in [5, 5.41) is 3.66. The third kappa shape index (κ3) is 4.06. The summed E-state index contributed by atoms with van der Waals surface area (Å²) >= 11 is 0. The molecule has 1 saturated heterocycles. The van der Waals surface area contributed by atoms with E-state index in [0.29, 0.717) is 6.04 Å². The molecule has 1 fully saturated rings. The summed E-state index contributed by atoms with van der Waals surface area (Å²) in [6.07, 6.45) is 6.43. The fourth-order valence-corrected chi connectivity index (χ4v) is 2.71. The van der Waals surface area contributed by atoms with Crippen molar-refractivity contribution < 1.29 is 4.74 Å². The normalized spacial score (nSPS) is 27.2. The summed E-state index contributed by atoms with van der Waals surface area (Å²) < 4.78 is 6.06. The maximum absolute atomic E-state index is 6.06. The zero-order chi connectivity index (χ0) is 12.2. The van der Waals surface area contributed by atoms with Crippen LogP contribution < -0.4 is 5.32 Å². The summed E-state index contributed by atoms with van der Waals surface area (Å²) in [4.78, 5) is 0. The van der Waals surface area contributed by atoms with Gasteiger partial charge in [0.05, 0.1) is 11.2 Å². The van der Waals surface area contributed by atoms with Crippen molar-refractivity contribution in [1.29, 1.82) is 0 Å². The molecule has 0 spiro atoms. The standard InChI is InChI=1S/C14H29NO/c1-6-7-8-9-10-15-12-11-13(2,3)16-14(12,4)5/h12,15H,6-11H2,1-5H3. The molecule has 0 aromatic heterocycles. The lowest BCUT2D eigenvalue weighted by molar-refractivity contribution is -0.0697. The second-order valence-electron chi connectivity index (χ2n) is 6.24. The largest absolute Gasteiger partial charge is 0.368 e. The Morgan fingerprint density at radius 2 is 1.81 bits per heavy atom. The summed E-state index contributed by atoms with van der Waals surface area (Å²) in [5.41, 5.74) is 0.0127. The minimum Gasteiger partial charge on any atom is -0.368 e. The van der Waals surface area contributed by atoms with Crippen LogP contribution in [0.4, 0.5) is 0 Å². The third-order valence-electron chi connectivity index (χ3n) is 3.50. The maximum Gasteiger partial charge on any atom is 0.0787 e. The van der Waals surface area contributed by atoms with Gasteiger partial charge in [0.25, 0.3) is 0 Å². The van der Waals surface area contributed by atoms with Crippen molar-refractivity contribution in [2.75, 3.05) is 6.54 Å². The monoisotopic (exact) mass is 227 g/mol. The summed E-state index contributed by atoms with van der Waals surface area (Å²) in [6.45, 7) is 12.2. The highest BCUT2D eigenvalue weighted by Gasteiger charge is 2.45. The van der Waals surface area contributed by atoms with E-state index in [9.17, 15) is 0 Å². The molecule has 1 N–H and O–H groups in total. The lowest BCUT2D eigenvalue weighted by atomic mass is 9.94. The van der Waals surface area contributed by atoms with Gasteiger partial charge in [0.2, 0.25) is 0 Å². The van der Waals surface area contributed by atoms with E-state index in [4.69, 9.17) is 4.74 Å². The van der Waals surface area contributed by atoms with Crippen LogP contribution in [0.5, 0.6) is 0 Å². The Morgan fingerprint density at radius 3 is 2.31 bits per heavy atom. The van der Waals surface area contributed by atoms with E-state index >= 15 is 0 Å². The molecule has 2 heteroatoms. The molecule has 0 bridgehead atoms. The minimum atomic E-state index is -0.0196. The van der Waals surface area contributed by atoms with Gasteiger partial charge in [-0.2, -0.15) is 0 Å². The molecule has 1 rings (SSSR count). The number of rotatable bonds is 6. The summed E-state index contributed by atoms with van der Waals surface area (Å²) in [5.74, 6) is 0. The van der Waals surface area contributed by atoms with Crippen molar-refractivity contribution in [2.24, 2.45) is 0 Å². The Kier molecular flexibility index (Phi) is 4.81. The Morgan fingerprint density at radius 1 is 1.12 bits per heavy atom. The van der Waals surface area contributed by atoms with Gasteiger partial charge < -0.3 is 10.1 Å². The SMILES string of the molecule is CCCCCCNC1CC(C)(C)OC1(C)C. The molecule has 1 aliphatic heterocycles. The Balaban J connectivity index is 2.26. The highest BCUT2D eigenvalue weighted by Crippen LogP contribution is 2.37. The molecule has 0 aromatic carbocycles. The number of unbranched alkanes of at least 4 members (excludes halogenated alkanes) is 3. The first-order valence-corrected chi connectivity index (χ1v) is 6.81. The van der Waals surface area contributed by atoms with Crippen molar-refractivity contribution in [2.45, 2.75) is 84.0 Å². The van der Waals surface area contributed by atoms with E-state index in [-0.39, 0.29) is 11.2 Å². The van der Waals surface area contributed by atoms with E-state index in [1.165, 1.54) is 25.7 Å². The first-order chi connectivity index (χ1) is 7.37. The predicted molar refractivity (Wildman–Crippen MR) is 69.8 cm³/mol. The van der Waals surface area contributed by atoms with Gasteiger partial charge in [0.15, 0.2) is 0 Å². The van der Waals surface area contributed by atoms with Crippen LogP contribution in [-0.2, 0) is 4.74 Å². The zero-order valence-electron chi connectivity index (χ0n) is 11.7. The van der Waals surface area contributed by atoms with E-state index in [1.807, 2.05) is 0 Å². The van der Waals surface area contributed by atoms with Gasteiger partial charge in [0, 0.05) is 6.04 Å². The molecular formula is C14H29NO. The molecule has 1 heterocycles. The van der Waals surface area contributed by atoms with Crippen molar-refractivity contribution in [3.63, 3.8) is 0 Å². The molecule has 1 atom stereocenters. The number of ether oxygens (including phenoxy) is 1. The molecule has 2 nitrogen and oxygen atoms in total. The van der Waals surface area contributed by atoms with E-state index < -0.39 is 0 Å². The third-order valence-corrected chi connectivity index (χ3v) is 3.50. The van der Waals surface area contributed by atoms with Gasteiger partial charge in [0.1, 0.15) is 0 Å². The summed E-state index contributed by atoms with van der Waals surface area (Å²) in [7, 11) is 0. The Hall–Kier alpha value is -0.0800. The zero-order valence-corrected chi connectivity index (χ0v) is 11.7. The summed E-state index contributed by atoms with van der Waals surface area (Å²) in [6, 6.07) is 0.504. The lowest BCUT2D eigenvalue weighted by Gasteiger charge is -2.27. The molecule has 0 aromatic rings. The molecular weight excluding hydrogens is 198 g/mol. The Bertz CT molecular complexity index is 211. The Labute approximate surface area is 101 Å². The molecule has 1 aliphatic rings. The second-order valence-corrected chi connectivity index (χ2v) is 6.24. The van der Waals surface area contributed by atoms with E-state index in [0.717, 1.165) is 13.0 Å². The van der Waals surface area contributed by atoms with E-state index in [1.54, 1.807) is 0 Å². The smallest absolute Gasteiger partial charge is 0.0787 e. The van der Waals surface area contributed by atoms with Crippen LogP contribution in [-0.4, -0.2) is 23.8 Å². The van der Waals surface area contributed by atoms with Crippen molar-refractivity contribution in [1.82, 2.24) is 5.32 Å². The maximum atomic E-state index is 6.06. The van der Waals surface area contributed by atoms with Crippen LogP contribution in [0.25, 0.3) is 0 Å². The van der Waals surface area contributed by atoms with Crippen LogP contribution >= 0.6 is 0 Å². The van der Waals surface area contributed by atoms with Crippen LogP contribution in [0.1, 0.15) is 66.7 Å². The molecule has 0 radical (unpaired) electrons. The van der Waals surface area contributed by atoms with Gasteiger partial charge in [-0.3, -0.25) is 0 Å². The van der Waals surface area contributed by atoms with Gasteiger partial charge in [-0.25, -0.2) is 0 Å². The molecule has 0 saturated carbocycles. The molecule has 1 unspecified atom stereocenters. The van der Waals surface area contributed by atoms with Crippen LogP contribution in [0.15, 0.2) is 0 Å². The van der Waals surface area contributed by atoms with Gasteiger partial charge in [-0.1, -0.05) is 26.2 Å². The average Bonchev–Trinajstić information content (AvgIpc) is 2.34. The molecule has 0 amide bonds. The number of hydrogen-bond acceptors (Lipinski definition) is 2. The number of nitrogens with one attached hydrogen (secondary N) is 1. The van der Waals surface area contributed by atoms with Gasteiger partial charge in [-0.05, 0) is 47.1 Å². The topological polar surface area (TPSA) is 21.3 Å². The van der Waals surface area contributed by atoms with Crippen LogP contribution in [0, 0.1) is 0 Å². The lowest BCUT2D eigenvalue weighted by Crippen LogP contribution is -2.43. The highest BCUT2D eigenvalue weighted by atomic mass is 16.5. The van der Waals surface area contributed by atoms with Crippen molar-refractivity contribution in [3.05, 3.63) is 0 Å². The van der Waals surface area contributed by atoms with Crippen molar-refractivity contribution >= 4 is 0 Å². The first kappa shape index (κ1) is 14.0. The first-order valence-electron chi connectivity index (χ1n) is 6.81. The second kappa shape index (κ2) is 5.50.